The molecule has 0 radical (unpaired) electrons. The van der Waals surface area contributed by atoms with E-state index in [9.17, 15) is 10.1 Å². The normalized spacial score (nSPS) is 13.5. The van der Waals surface area contributed by atoms with E-state index in [1.807, 2.05) is 65.6 Å². The number of nitrogens with one attached hydrogen (secondary N) is 1. The molecule has 0 unspecified atom stereocenters. The standard InChI is InChI=1S/C23H22N4O3S/c28-27(29)22-9-5-4-8-21(22)25-14-16-26(17-15-25)23(31)24-18-10-12-20(13-11-18)30-19-6-2-1-3-7-19/h1-13H,14-17H2,(H,24,31). The molecule has 3 aromatic carbocycles. The van der Waals surface area contributed by atoms with Crippen LogP contribution >= 0.6 is 12.2 Å². The Hall–Kier alpha value is -3.65. The Morgan fingerprint density at radius 1 is 0.871 bits per heavy atom. The fraction of sp³-hybridized carbons (Fsp3) is 0.174. The van der Waals surface area contributed by atoms with Crippen LogP contribution in [0.5, 0.6) is 11.5 Å². The number of ether oxygens (including phenoxy) is 1. The number of nitrogens with zero attached hydrogens (tertiary/aromatic N) is 3. The summed E-state index contributed by atoms with van der Waals surface area (Å²) in [4.78, 5) is 15.1. The highest BCUT2D eigenvalue weighted by molar-refractivity contribution is 7.80. The summed E-state index contributed by atoms with van der Waals surface area (Å²) < 4.78 is 5.81. The van der Waals surface area contributed by atoms with E-state index in [0.29, 0.717) is 37.0 Å². The maximum absolute atomic E-state index is 11.3. The minimum absolute atomic E-state index is 0.134. The Labute approximate surface area is 186 Å². The van der Waals surface area contributed by atoms with Crippen LogP contribution < -0.4 is 15.0 Å². The van der Waals surface area contributed by atoms with Gasteiger partial charge >= 0.3 is 0 Å². The second-order valence-electron chi connectivity index (χ2n) is 7.09. The lowest BCUT2D eigenvalue weighted by atomic mass is 10.2. The maximum atomic E-state index is 11.3. The van der Waals surface area contributed by atoms with Crippen LogP contribution in [0.4, 0.5) is 17.1 Å². The Morgan fingerprint density at radius 3 is 2.16 bits per heavy atom. The van der Waals surface area contributed by atoms with E-state index >= 15 is 0 Å². The van der Waals surface area contributed by atoms with Gasteiger partial charge in [-0.2, -0.15) is 0 Å². The molecule has 1 aliphatic heterocycles. The number of nitro benzene ring substituents is 1. The number of piperazine rings is 1. The van der Waals surface area contributed by atoms with Crippen molar-refractivity contribution in [2.24, 2.45) is 0 Å². The highest BCUT2D eigenvalue weighted by atomic mass is 32.1. The molecule has 7 nitrogen and oxygen atoms in total. The van der Waals surface area contributed by atoms with Crippen LogP contribution in [0.15, 0.2) is 78.9 Å². The van der Waals surface area contributed by atoms with Crippen LogP contribution in [0, 0.1) is 10.1 Å². The molecule has 0 aliphatic carbocycles. The van der Waals surface area contributed by atoms with Crippen LogP contribution in [-0.4, -0.2) is 41.1 Å². The highest BCUT2D eigenvalue weighted by Crippen LogP contribution is 2.28. The molecule has 8 heteroatoms. The van der Waals surface area contributed by atoms with E-state index in [1.54, 1.807) is 18.2 Å². The highest BCUT2D eigenvalue weighted by Gasteiger charge is 2.24. The quantitative estimate of drug-likeness (QED) is 0.348. The predicted molar refractivity (Wildman–Crippen MR) is 126 cm³/mol. The molecule has 0 atom stereocenters. The molecule has 31 heavy (non-hydrogen) atoms. The van der Waals surface area contributed by atoms with Crippen molar-refractivity contribution in [3.63, 3.8) is 0 Å². The van der Waals surface area contributed by atoms with E-state index in [0.717, 1.165) is 17.2 Å². The second-order valence-corrected chi connectivity index (χ2v) is 7.48. The zero-order chi connectivity index (χ0) is 21.6. The molecule has 158 valence electrons. The van der Waals surface area contributed by atoms with Crippen LogP contribution in [0.1, 0.15) is 0 Å². The summed E-state index contributed by atoms with van der Waals surface area (Å²) in [5, 5.41) is 15.2. The predicted octanol–water partition coefficient (Wildman–Crippen LogP) is 4.91. The summed E-state index contributed by atoms with van der Waals surface area (Å²) in [5.74, 6) is 1.54. The first-order valence-electron chi connectivity index (χ1n) is 9.97. The smallest absolute Gasteiger partial charge is 0.292 e. The summed E-state index contributed by atoms with van der Waals surface area (Å²) >= 11 is 5.57. The Balaban J connectivity index is 1.32. The molecular weight excluding hydrogens is 412 g/mol. The molecule has 1 fully saturated rings. The summed E-state index contributed by atoms with van der Waals surface area (Å²) in [6.07, 6.45) is 0. The van der Waals surface area contributed by atoms with Gasteiger partial charge in [-0.15, -0.1) is 0 Å². The van der Waals surface area contributed by atoms with Crippen molar-refractivity contribution in [2.45, 2.75) is 0 Å². The summed E-state index contributed by atoms with van der Waals surface area (Å²) in [7, 11) is 0. The van der Waals surface area contributed by atoms with Crippen molar-refractivity contribution < 1.29 is 9.66 Å². The monoisotopic (exact) mass is 434 g/mol. The Kier molecular flexibility index (Phi) is 6.28. The van der Waals surface area contributed by atoms with Crippen LogP contribution in [0.3, 0.4) is 0 Å². The number of para-hydroxylation sites is 3. The fourth-order valence-electron chi connectivity index (χ4n) is 3.47. The van der Waals surface area contributed by atoms with Crippen molar-refractivity contribution in [3.8, 4) is 11.5 Å². The lowest BCUT2D eigenvalue weighted by Gasteiger charge is -2.37. The molecule has 0 bridgehead atoms. The number of rotatable bonds is 5. The summed E-state index contributed by atoms with van der Waals surface area (Å²) in [5.41, 5.74) is 1.67. The molecule has 1 aliphatic rings. The molecule has 0 saturated carbocycles. The molecule has 3 aromatic rings. The number of anilines is 2. The van der Waals surface area contributed by atoms with Gasteiger partial charge in [-0.3, -0.25) is 10.1 Å². The Morgan fingerprint density at radius 2 is 1.48 bits per heavy atom. The number of nitro groups is 1. The molecule has 1 heterocycles. The van der Waals surface area contributed by atoms with Gasteiger partial charge in [-0.05, 0) is 54.7 Å². The van der Waals surface area contributed by atoms with E-state index in [1.165, 1.54) is 0 Å². The SMILES string of the molecule is O=[N+]([O-])c1ccccc1N1CCN(C(=S)Nc2ccc(Oc3ccccc3)cc2)CC1. The second kappa shape index (κ2) is 9.44. The number of thiocarbonyl (C=S) groups is 1. The summed E-state index contributed by atoms with van der Waals surface area (Å²) in [6.45, 7) is 2.70. The molecule has 4 rings (SSSR count). The fourth-order valence-corrected chi connectivity index (χ4v) is 3.77. The van der Waals surface area contributed by atoms with Crippen molar-refractivity contribution in [2.75, 3.05) is 36.4 Å². The average Bonchev–Trinajstić information content (AvgIpc) is 2.81. The first-order chi connectivity index (χ1) is 15.1. The third kappa shape index (κ3) is 5.10. The molecular formula is C23H22N4O3S. The molecule has 1 saturated heterocycles. The zero-order valence-electron chi connectivity index (χ0n) is 16.8. The van der Waals surface area contributed by atoms with E-state index in [4.69, 9.17) is 17.0 Å². The maximum Gasteiger partial charge on any atom is 0.292 e. The largest absolute Gasteiger partial charge is 0.457 e. The van der Waals surface area contributed by atoms with Crippen molar-refractivity contribution in [1.82, 2.24) is 4.90 Å². The summed E-state index contributed by atoms with van der Waals surface area (Å²) in [6, 6.07) is 24.1. The van der Waals surface area contributed by atoms with Gasteiger partial charge in [0.25, 0.3) is 5.69 Å². The van der Waals surface area contributed by atoms with E-state index in [2.05, 4.69) is 10.2 Å². The van der Waals surface area contributed by atoms with Gasteiger partial charge in [0.2, 0.25) is 0 Å². The number of benzene rings is 3. The zero-order valence-corrected chi connectivity index (χ0v) is 17.6. The van der Waals surface area contributed by atoms with Gasteiger partial charge in [0.05, 0.1) is 4.92 Å². The minimum atomic E-state index is -0.334. The van der Waals surface area contributed by atoms with Crippen molar-refractivity contribution >= 4 is 34.4 Å². The molecule has 1 N–H and O–H groups in total. The lowest BCUT2D eigenvalue weighted by molar-refractivity contribution is -0.384. The van der Waals surface area contributed by atoms with Crippen molar-refractivity contribution in [1.29, 1.82) is 0 Å². The lowest BCUT2D eigenvalue weighted by Crippen LogP contribution is -2.50. The van der Waals surface area contributed by atoms with Gasteiger partial charge in [-0.25, -0.2) is 0 Å². The van der Waals surface area contributed by atoms with Gasteiger partial charge < -0.3 is 19.9 Å². The minimum Gasteiger partial charge on any atom is -0.457 e. The van der Waals surface area contributed by atoms with Crippen LogP contribution in [-0.2, 0) is 0 Å². The van der Waals surface area contributed by atoms with Crippen molar-refractivity contribution in [3.05, 3.63) is 89.0 Å². The first kappa shape index (κ1) is 20.6. The van der Waals surface area contributed by atoms with E-state index < -0.39 is 0 Å². The average molecular weight is 435 g/mol. The van der Waals surface area contributed by atoms with Gasteiger partial charge in [0.1, 0.15) is 17.2 Å². The third-order valence-corrected chi connectivity index (χ3v) is 5.43. The van der Waals surface area contributed by atoms with Gasteiger partial charge in [0.15, 0.2) is 5.11 Å². The van der Waals surface area contributed by atoms with Crippen LogP contribution in [0.25, 0.3) is 0 Å². The molecule has 0 aromatic heterocycles. The van der Waals surface area contributed by atoms with E-state index in [-0.39, 0.29) is 10.6 Å². The van der Waals surface area contributed by atoms with Gasteiger partial charge in [-0.1, -0.05) is 30.3 Å². The van der Waals surface area contributed by atoms with Gasteiger partial charge in [0, 0.05) is 37.9 Å². The molecule has 0 spiro atoms. The topological polar surface area (TPSA) is 70.9 Å². The number of hydrogen-bond donors (Lipinski definition) is 1. The third-order valence-electron chi connectivity index (χ3n) is 5.07. The van der Waals surface area contributed by atoms with Crippen LogP contribution in [0.2, 0.25) is 0 Å². The molecule has 0 amide bonds. The Bertz CT molecular complexity index is 1050. The number of hydrogen-bond acceptors (Lipinski definition) is 5. The first-order valence-corrected chi connectivity index (χ1v) is 10.4.